The summed E-state index contributed by atoms with van der Waals surface area (Å²) >= 11 is 0. The molecule has 0 unspecified atom stereocenters. The van der Waals surface area contributed by atoms with Crippen LogP contribution in [0.4, 0.5) is 4.39 Å². The fourth-order valence-corrected chi connectivity index (χ4v) is 5.00. The molecule has 0 aliphatic heterocycles. The van der Waals surface area contributed by atoms with E-state index in [4.69, 9.17) is 0 Å². The Bertz CT molecular complexity index is 1180. The Balaban J connectivity index is 1.58. The normalized spacial score (nSPS) is 16.9. The molecule has 0 saturated heterocycles. The number of carboxylic acids is 1. The summed E-state index contributed by atoms with van der Waals surface area (Å²) in [6.45, 7) is 6.10. The molecule has 0 fully saturated rings. The molecular formula is C27H31FN2O3. The Kier molecular flexibility index (Phi) is 6.28. The van der Waals surface area contributed by atoms with Crippen molar-refractivity contribution in [3.63, 3.8) is 0 Å². The summed E-state index contributed by atoms with van der Waals surface area (Å²) in [5.74, 6) is -1.43. The lowest BCUT2D eigenvalue weighted by molar-refractivity contribution is -0.137. The van der Waals surface area contributed by atoms with Crippen LogP contribution in [-0.4, -0.2) is 27.6 Å². The topological polar surface area (TPSA) is 71.3 Å². The molecule has 0 spiro atoms. The van der Waals surface area contributed by atoms with Crippen molar-refractivity contribution in [1.29, 1.82) is 0 Å². The minimum Gasteiger partial charge on any atom is -0.480 e. The highest BCUT2D eigenvalue weighted by atomic mass is 19.1. The Morgan fingerprint density at radius 3 is 2.58 bits per heavy atom. The van der Waals surface area contributed by atoms with Crippen molar-refractivity contribution in [2.45, 2.75) is 59.0 Å². The number of aromatic nitrogens is 1. The lowest BCUT2D eigenvalue weighted by Crippen LogP contribution is -2.46. The maximum absolute atomic E-state index is 14.0. The van der Waals surface area contributed by atoms with E-state index >= 15 is 0 Å². The number of rotatable bonds is 6. The van der Waals surface area contributed by atoms with Gasteiger partial charge in [0.1, 0.15) is 12.4 Å². The fraction of sp³-hybridized carbons (Fsp3) is 0.407. The molecule has 1 heterocycles. The smallest absolute Gasteiger partial charge is 0.323 e. The lowest BCUT2D eigenvalue weighted by atomic mass is 9.76. The van der Waals surface area contributed by atoms with Gasteiger partial charge in [-0.15, -0.1) is 0 Å². The highest BCUT2D eigenvalue weighted by Crippen LogP contribution is 2.34. The lowest BCUT2D eigenvalue weighted by Gasteiger charge is -2.33. The number of fused-ring (bicyclic) bond motifs is 3. The first-order valence-electron chi connectivity index (χ1n) is 11.5. The number of halogens is 1. The van der Waals surface area contributed by atoms with Crippen LogP contribution >= 0.6 is 0 Å². The van der Waals surface area contributed by atoms with E-state index < -0.39 is 5.97 Å². The Hall–Kier alpha value is -3.15. The molecule has 1 aromatic heterocycles. The van der Waals surface area contributed by atoms with Crippen LogP contribution in [0.5, 0.6) is 0 Å². The minimum atomic E-state index is -0.927. The third-order valence-corrected chi connectivity index (χ3v) is 6.71. The zero-order valence-electron chi connectivity index (χ0n) is 19.4. The second kappa shape index (κ2) is 9.00. The Morgan fingerprint density at radius 2 is 1.91 bits per heavy atom. The highest BCUT2D eigenvalue weighted by molar-refractivity contribution is 5.87. The summed E-state index contributed by atoms with van der Waals surface area (Å²) in [7, 11) is 0. The first-order chi connectivity index (χ1) is 15.6. The van der Waals surface area contributed by atoms with Gasteiger partial charge in [-0.05, 0) is 60.4 Å². The van der Waals surface area contributed by atoms with Gasteiger partial charge in [-0.1, -0.05) is 51.1 Å². The number of nitrogens with one attached hydrogen (secondary N) is 1. The largest absolute Gasteiger partial charge is 0.480 e. The molecule has 3 aromatic rings. The molecule has 0 bridgehead atoms. The van der Waals surface area contributed by atoms with Crippen molar-refractivity contribution in [3.8, 4) is 0 Å². The predicted octanol–water partition coefficient (Wildman–Crippen LogP) is 4.74. The molecule has 2 N–H and O–H groups in total. The molecule has 0 saturated carbocycles. The van der Waals surface area contributed by atoms with E-state index in [1.165, 1.54) is 12.1 Å². The molecule has 1 amide bonds. The number of carbonyl (C=O) groups excluding carboxylic acids is 1. The molecule has 2 atom stereocenters. The van der Waals surface area contributed by atoms with Gasteiger partial charge < -0.3 is 15.0 Å². The molecule has 2 aromatic carbocycles. The number of benzene rings is 2. The molecular weight excluding hydrogens is 419 g/mol. The van der Waals surface area contributed by atoms with E-state index in [2.05, 4.69) is 26.1 Å². The van der Waals surface area contributed by atoms with Gasteiger partial charge in [0.05, 0.1) is 0 Å². The van der Waals surface area contributed by atoms with Crippen LogP contribution in [0.2, 0.25) is 0 Å². The zero-order chi connectivity index (χ0) is 23.8. The van der Waals surface area contributed by atoms with Crippen LogP contribution in [0.3, 0.4) is 0 Å². The van der Waals surface area contributed by atoms with E-state index in [0.717, 1.165) is 34.1 Å². The number of carbonyl (C=O) groups is 2. The van der Waals surface area contributed by atoms with Crippen molar-refractivity contribution in [1.82, 2.24) is 9.88 Å². The third kappa shape index (κ3) is 4.95. The van der Waals surface area contributed by atoms with Crippen LogP contribution in [0.25, 0.3) is 10.9 Å². The molecule has 33 heavy (non-hydrogen) atoms. The van der Waals surface area contributed by atoms with Gasteiger partial charge in [0.15, 0.2) is 0 Å². The van der Waals surface area contributed by atoms with Gasteiger partial charge in [-0.2, -0.15) is 0 Å². The van der Waals surface area contributed by atoms with Gasteiger partial charge in [-0.3, -0.25) is 9.59 Å². The average molecular weight is 451 g/mol. The first kappa shape index (κ1) is 23.0. The van der Waals surface area contributed by atoms with E-state index in [1.54, 1.807) is 10.6 Å². The van der Waals surface area contributed by atoms with Gasteiger partial charge in [0.2, 0.25) is 5.91 Å². The number of hydrogen-bond acceptors (Lipinski definition) is 2. The summed E-state index contributed by atoms with van der Waals surface area (Å²) in [6.07, 6.45) is 2.59. The Morgan fingerprint density at radius 1 is 1.18 bits per heavy atom. The SMILES string of the molecule is CC(C)(C)[C@H](Cc1ccccc1)C(=O)N[C@H]1CCc2c(c3cc(F)ccc3n2CC(=O)O)C1. The van der Waals surface area contributed by atoms with E-state index in [-0.39, 0.29) is 35.6 Å². The number of carboxylic acid groups (broad SMARTS) is 1. The van der Waals surface area contributed by atoms with E-state index in [1.807, 2.05) is 30.3 Å². The minimum absolute atomic E-state index is 0.0280. The maximum atomic E-state index is 14.0. The summed E-state index contributed by atoms with van der Waals surface area (Å²) in [5, 5.41) is 13.4. The monoisotopic (exact) mass is 450 g/mol. The van der Waals surface area contributed by atoms with Crippen molar-refractivity contribution in [2.75, 3.05) is 0 Å². The Labute approximate surface area is 193 Å². The molecule has 5 nitrogen and oxygen atoms in total. The van der Waals surface area contributed by atoms with Gasteiger partial charge >= 0.3 is 5.97 Å². The van der Waals surface area contributed by atoms with Crippen LogP contribution in [-0.2, 0) is 35.4 Å². The molecule has 4 rings (SSSR count). The number of aliphatic carboxylic acids is 1. The third-order valence-electron chi connectivity index (χ3n) is 6.71. The average Bonchev–Trinajstić information content (AvgIpc) is 3.03. The highest BCUT2D eigenvalue weighted by Gasteiger charge is 2.34. The molecule has 1 aliphatic rings. The fourth-order valence-electron chi connectivity index (χ4n) is 5.00. The number of nitrogens with zero attached hydrogens (tertiary/aromatic N) is 1. The number of hydrogen-bond donors (Lipinski definition) is 2. The van der Waals surface area contributed by atoms with Crippen molar-refractivity contribution < 1.29 is 19.1 Å². The second-order valence-corrected chi connectivity index (χ2v) is 10.1. The van der Waals surface area contributed by atoms with Crippen molar-refractivity contribution >= 4 is 22.8 Å². The van der Waals surface area contributed by atoms with Gasteiger partial charge in [0, 0.05) is 28.6 Å². The molecule has 6 heteroatoms. The predicted molar refractivity (Wildman–Crippen MR) is 127 cm³/mol. The number of amides is 1. The summed E-state index contributed by atoms with van der Waals surface area (Å²) < 4.78 is 15.8. The van der Waals surface area contributed by atoms with Crippen LogP contribution in [0.15, 0.2) is 48.5 Å². The standard InChI is InChI=1S/C27H31FN2O3/c1-27(2,3)22(13-17-7-5-4-6-8-17)26(33)29-19-10-12-24-21(15-19)20-14-18(28)9-11-23(20)30(24)16-25(31)32/h4-9,11,14,19,22H,10,12-13,15-16H2,1-3H3,(H,29,33)(H,31,32)/t19-,22+/m0/s1. The van der Waals surface area contributed by atoms with Crippen LogP contribution < -0.4 is 5.32 Å². The van der Waals surface area contributed by atoms with Crippen LogP contribution in [0.1, 0.15) is 44.0 Å². The molecule has 0 radical (unpaired) electrons. The van der Waals surface area contributed by atoms with Crippen molar-refractivity contribution in [2.24, 2.45) is 11.3 Å². The molecule has 1 aliphatic carbocycles. The summed E-state index contributed by atoms with van der Waals surface area (Å²) in [6, 6.07) is 14.5. The van der Waals surface area contributed by atoms with Gasteiger partial charge in [-0.25, -0.2) is 4.39 Å². The first-order valence-corrected chi connectivity index (χ1v) is 11.5. The van der Waals surface area contributed by atoms with Crippen molar-refractivity contribution in [3.05, 3.63) is 71.2 Å². The second-order valence-electron chi connectivity index (χ2n) is 10.1. The van der Waals surface area contributed by atoms with E-state index in [9.17, 15) is 19.1 Å². The van der Waals surface area contributed by atoms with Gasteiger partial charge in [0.25, 0.3) is 0 Å². The maximum Gasteiger partial charge on any atom is 0.323 e. The summed E-state index contributed by atoms with van der Waals surface area (Å²) in [4.78, 5) is 24.8. The quantitative estimate of drug-likeness (QED) is 0.570. The van der Waals surface area contributed by atoms with E-state index in [0.29, 0.717) is 19.3 Å². The van der Waals surface area contributed by atoms with Crippen LogP contribution in [0, 0.1) is 17.2 Å². The summed E-state index contributed by atoms with van der Waals surface area (Å²) in [5.41, 5.74) is 3.52. The zero-order valence-corrected chi connectivity index (χ0v) is 19.4. The molecule has 174 valence electrons.